The van der Waals surface area contributed by atoms with E-state index in [4.69, 9.17) is 0 Å². The maximum atomic E-state index is 14.0. The van der Waals surface area contributed by atoms with E-state index < -0.39 is 24.1 Å². The van der Waals surface area contributed by atoms with Gasteiger partial charge in [0.05, 0.1) is 11.7 Å². The van der Waals surface area contributed by atoms with E-state index in [1.165, 1.54) is 4.90 Å². The minimum atomic E-state index is -0.918. The summed E-state index contributed by atoms with van der Waals surface area (Å²) in [7, 11) is 3.60. The van der Waals surface area contributed by atoms with Crippen LogP contribution in [0.5, 0.6) is 0 Å². The number of rotatable bonds is 8. The number of nitrogens with zero attached hydrogens (tertiary/aromatic N) is 3. The number of likely N-dealkylation sites (tertiary alicyclic amines) is 1. The van der Waals surface area contributed by atoms with Gasteiger partial charge in [-0.15, -0.1) is 0 Å². The smallest absolute Gasteiger partial charge is 0.256 e. The van der Waals surface area contributed by atoms with Crippen LogP contribution in [-0.4, -0.2) is 69.0 Å². The fourth-order valence-corrected chi connectivity index (χ4v) is 6.31. The average molecular weight is 827 g/mol. The average Bonchev–Trinajstić information content (AvgIpc) is 3.60. The number of benzene rings is 4. The Morgan fingerprint density at radius 1 is 0.911 bits per heavy atom. The number of carbonyl (C=O) groups excluding carboxylic acids is 3. The van der Waals surface area contributed by atoms with E-state index in [2.05, 4.69) is 5.32 Å². The molecular weight excluding hydrogens is 790 g/mol. The summed E-state index contributed by atoms with van der Waals surface area (Å²) in [6.07, 6.45) is 1.28. The molecule has 6 rings (SSSR count). The van der Waals surface area contributed by atoms with E-state index in [1.54, 1.807) is 18.1 Å². The summed E-state index contributed by atoms with van der Waals surface area (Å²) < 4.78 is 1.88. The molecule has 4 aromatic carbocycles. The molecule has 1 aromatic heterocycles. The molecule has 0 aliphatic carbocycles. The minimum Gasteiger partial charge on any atom is -0.391 e. The van der Waals surface area contributed by atoms with Crippen LogP contribution in [-0.2, 0) is 29.6 Å². The first-order chi connectivity index (χ1) is 21.3. The maximum Gasteiger partial charge on any atom is 0.256 e. The predicted octanol–water partition coefficient (Wildman–Crippen LogP) is 4.29. The number of aromatic nitrogens is 1. The van der Waals surface area contributed by atoms with Crippen LogP contribution in [0.2, 0.25) is 0 Å². The molecule has 228 valence electrons. The van der Waals surface area contributed by atoms with Crippen LogP contribution in [0.3, 0.4) is 0 Å². The fourth-order valence-electron chi connectivity index (χ4n) is 6.31. The number of amides is 3. The number of nitrogens with one attached hydrogen (secondary N) is 1. The Labute approximate surface area is 286 Å². The van der Waals surface area contributed by atoms with Crippen molar-refractivity contribution in [2.45, 2.75) is 37.6 Å². The van der Waals surface area contributed by atoms with Gasteiger partial charge in [0.15, 0.2) is 0 Å². The van der Waals surface area contributed by atoms with Gasteiger partial charge in [-0.1, -0.05) is 91.0 Å². The Morgan fingerprint density at radius 2 is 1.58 bits per heavy atom. The molecule has 2 N–H and O–H groups in total. The molecule has 0 bridgehead atoms. The van der Waals surface area contributed by atoms with Crippen molar-refractivity contribution in [1.29, 1.82) is 0 Å². The van der Waals surface area contributed by atoms with Crippen LogP contribution in [0.25, 0.3) is 21.7 Å². The van der Waals surface area contributed by atoms with Gasteiger partial charge in [-0.3, -0.25) is 14.4 Å². The summed E-state index contributed by atoms with van der Waals surface area (Å²) in [4.78, 5) is 44.8. The third-order valence-electron chi connectivity index (χ3n) is 8.53. The Kier molecular flexibility index (Phi) is 10.1. The summed E-state index contributed by atoms with van der Waals surface area (Å²) in [5.74, 6) is -1.01. The molecule has 3 atom stereocenters. The molecule has 1 fully saturated rings. The molecule has 1 saturated heterocycles. The van der Waals surface area contributed by atoms with Crippen LogP contribution in [0, 0.1) is 31.1 Å². The molecule has 3 amide bonds. The van der Waals surface area contributed by atoms with Crippen LogP contribution in [0.4, 0.5) is 0 Å². The Bertz CT molecular complexity index is 1830. The Morgan fingerprint density at radius 3 is 2.36 bits per heavy atom. The largest absolute Gasteiger partial charge is 0.391 e. The molecule has 2 unspecified atom stereocenters. The number of hydrogen-bond acceptors (Lipinski definition) is 4. The fraction of sp³-hybridized carbons (Fsp3) is 0.250. The maximum absolute atomic E-state index is 14.0. The van der Waals surface area contributed by atoms with Crippen molar-refractivity contribution in [3.05, 3.63) is 120 Å². The molecule has 0 spiro atoms. The Balaban J connectivity index is 0.00000400. The number of aliphatic hydroxyl groups excluding tert-OH is 1. The molecular formula is C36H36N4O4U. The SMILES string of the molecule is CN(Cc1ccccc1)C(=O)C(Cc1cccc2ccccc12)NC(=O)[C@@H]1CC(O)CN1C(=O)c1cn(C)c2ccccc12.[U]. The first kappa shape index (κ1) is 32.5. The summed E-state index contributed by atoms with van der Waals surface area (Å²) >= 11 is 0. The van der Waals surface area contributed by atoms with Crippen molar-refractivity contribution < 1.29 is 50.6 Å². The number of likely N-dealkylation sites (N-methyl/N-ethyl adjacent to an activating group) is 1. The summed E-state index contributed by atoms with van der Waals surface area (Å²) in [5, 5.41) is 16.5. The number of para-hydroxylation sites is 1. The monoisotopic (exact) mass is 826 g/mol. The number of carbonyl (C=O) groups is 3. The van der Waals surface area contributed by atoms with Crippen molar-refractivity contribution in [2.24, 2.45) is 7.05 Å². The van der Waals surface area contributed by atoms with E-state index in [0.717, 1.165) is 32.8 Å². The summed E-state index contributed by atoms with van der Waals surface area (Å²) in [5.41, 5.74) is 3.29. The Hall–Kier alpha value is -3.90. The second kappa shape index (κ2) is 14.0. The zero-order valence-electron chi connectivity index (χ0n) is 25.4. The van der Waals surface area contributed by atoms with E-state index in [9.17, 15) is 19.5 Å². The topological polar surface area (TPSA) is 94.9 Å². The van der Waals surface area contributed by atoms with Gasteiger partial charge in [0.25, 0.3) is 5.91 Å². The number of aryl methyl sites for hydroxylation is 1. The molecule has 0 saturated carbocycles. The van der Waals surface area contributed by atoms with Crippen molar-refractivity contribution in [1.82, 2.24) is 19.7 Å². The van der Waals surface area contributed by atoms with Gasteiger partial charge in [-0.2, -0.15) is 0 Å². The third kappa shape index (κ3) is 6.86. The first-order valence-electron chi connectivity index (χ1n) is 14.9. The van der Waals surface area contributed by atoms with Gasteiger partial charge >= 0.3 is 0 Å². The molecule has 1 aliphatic rings. The van der Waals surface area contributed by atoms with Crippen molar-refractivity contribution in [3.63, 3.8) is 0 Å². The molecule has 45 heavy (non-hydrogen) atoms. The normalized spacial score (nSPS) is 16.7. The van der Waals surface area contributed by atoms with Gasteiger partial charge in [-0.25, -0.2) is 0 Å². The minimum absolute atomic E-state index is 0. The summed E-state index contributed by atoms with van der Waals surface area (Å²) in [6.45, 7) is 0.422. The van der Waals surface area contributed by atoms with Crippen LogP contribution in [0.15, 0.2) is 103 Å². The van der Waals surface area contributed by atoms with Crippen LogP contribution in [0.1, 0.15) is 27.9 Å². The first-order valence-corrected chi connectivity index (χ1v) is 14.9. The van der Waals surface area contributed by atoms with E-state index >= 15 is 0 Å². The molecule has 1 aliphatic heterocycles. The van der Waals surface area contributed by atoms with Gasteiger partial charge in [0.2, 0.25) is 11.8 Å². The second-order valence-corrected chi connectivity index (χ2v) is 11.6. The van der Waals surface area contributed by atoms with E-state index in [-0.39, 0.29) is 62.3 Å². The van der Waals surface area contributed by atoms with Gasteiger partial charge in [0, 0.05) is 88.2 Å². The van der Waals surface area contributed by atoms with Crippen molar-refractivity contribution in [2.75, 3.05) is 13.6 Å². The van der Waals surface area contributed by atoms with Crippen molar-refractivity contribution >= 4 is 39.4 Å². The molecule has 9 heteroatoms. The quantitative estimate of drug-likeness (QED) is 0.244. The van der Waals surface area contributed by atoms with Gasteiger partial charge in [0.1, 0.15) is 12.1 Å². The van der Waals surface area contributed by atoms with Crippen LogP contribution >= 0.6 is 0 Å². The zero-order chi connectivity index (χ0) is 30.8. The molecule has 8 nitrogen and oxygen atoms in total. The standard InChI is InChI=1S/C36H36N4O4.U/c1-38-23-30(29-17-8-9-18-32(29)38)35(43)40-22-27(41)20-33(40)34(42)37-31(36(44)39(2)21-24-11-4-3-5-12-24)19-26-15-10-14-25-13-6-7-16-28(25)26;/h3-18,23,27,31,33,41H,19-22H2,1-2H3,(H,37,42);/t27?,31?,33-;/m0./s1. The van der Waals surface area contributed by atoms with E-state index in [1.807, 2.05) is 109 Å². The number of aliphatic hydroxyl groups is 1. The molecule has 5 aromatic rings. The predicted molar refractivity (Wildman–Crippen MR) is 171 cm³/mol. The van der Waals surface area contributed by atoms with Gasteiger partial charge in [-0.05, 0) is 28.0 Å². The molecule has 0 radical (unpaired) electrons. The van der Waals surface area contributed by atoms with E-state index in [0.29, 0.717) is 12.1 Å². The van der Waals surface area contributed by atoms with Gasteiger partial charge < -0.3 is 24.8 Å². The zero-order valence-corrected chi connectivity index (χ0v) is 29.6. The number of hydrogen-bond donors (Lipinski definition) is 2. The second-order valence-electron chi connectivity index (χ2n) is 11.6. The number of fused-ring (bicyclic) bond motifs is 2. The molecule has 2 heterocycles. The summed E-state index contributed by atoms with van der Waals surface area (Å²) in [6, 6.07) is 29.4. The number of β-amino-alcohol motifs (C(OH)–C–C–N with tert-alkyl or cyclic N) is 1. The third-order valence-corrected chi connectivity index (χ3v) is 8.53. The van der Waals surface area contributed by atoms with Crippen molar-refractivity contribution in [3.8, 4) is 0 Å². The van der Waals surface area contributed by atoms with Crippen LogP contribution < -0.4 is 5.32 Å².